The fraction of sp³-hybridized carbons (Fsp3) is 0.462. The van der Waals surface area contributed by atoms with Gasteiger partial charge in [-0.2, -0.15) is 0 Å². The van der Waals surface area contributed by atoms with E-state index in [4.69, 9.17) is 4.74 Å². The topological polar surface area (TPSA) is 26.3 Å². The summed E-state index contributed by atoms with van der Waals surface area (Å²) in [4.78, 5) is 10.8. The van der Waals surface area contributed by atoms with Crippen molar-refractivity contribution in [3.8, 4) is 0 Å². The van der Waals surface area contributed by atoms with Crippen LogP contribution >= 0.6 is 0 Å². The number of carbonyl (C=O) groups excluding carboxylic acids is 1. The molecule has 15 heavy (non-hydrogen) atoms. The van der Waals surface area contributed by atoms with E-state index in [1.54, 1.807) is 0 Å². The molecule has 82 valence electrons. The fourth-order valence-corrected chi connectivity index (χ4v) is 1.58. The van der Waals surface area contributed by atoms with E-state index in [1.165, 1.54) is 12.5 Å². The average Bonchev–Trinajstić information content (AvgIpc) is 2.18. The molecule has 1 unspecified atom stereocenters. The van der Waals surface area contributed by atoms with Gasteiger partial charge in [-0.25, -0.2) is 0 Å². The van der Waals surface area contributed by atoms with Gasteiger partial charge < -0.3 is 4.74 Å². The van der Waals surface area contributed by atoms with E-state index in [0.717, 1.165) is 0 Å². The molecule has 0 saturated carbocycles. The van der Waals surface area contributed by atoms with Gasteiger partial charge in [-0.1, -0.05) is 44.2 Å². The molecule has 0 N–H and O–H groups in total. The third-order valence-electron chi connectivity index (χ3n) is 2.50. The van der Waals surface area contributed by atoms with Crippen molar-refractivity contribution in [1.29, 1.82) is 0 Å². The predicted octanol–water partition coefficient (Wildman–Crippen LogP) is 2.99. The lowest BCUT2D eigenvalue weighted by molar-refractivity contribution is -0.141. The van der Waals surface area contributed by atoms with Crippen LogP contribution in [0.5, 0.6) is 0 Å². The van der Waals surface area contributed by atoms with Crippen molar-refractivity contribution >= 4 is 5.97 Å². The number of hydrogen-bond donors (Lipinski definition) is 0. The first-order valence-electron chi connectivity index (χ1n) is 5.29. The van der Waals surface area contributed by atoms with E-state index in [0.29, 0.717) is 12.5 Å². The summed E-state index contributed by atoms with van der Waals surface area (Å²) in [7, 11) is 0. The van der Waals surface area contributed by atoms with Gasteiger partial charge in [-0.15, -0.1) is 0 Å². The molecular formula is C13H18O2. The van der Waals surface area contributed by atoms with E-state index in [1.807, 2.05) is 18.2 Å². The van der Waals surface area contributed by atoms with E-state index in [-0.39, 0.29) is 11.9 Å². The summed E-state index contributed by atoms with van der Waals surface area (Å²) in [5.74, 6) is 0.540. The van der Waals surface area contributed by atoms with Gasteiger partial charge in [0.25, 0.3) is 0 Å². The van der Waals surface area contributed by atoms with Crippen molar-refractivity contribution < 1.29 is 9.53 Å². The van der Waals surface area contributed by atoms with Crippen molar-refractivity contribution in [2.75, 3.05) is 6.61 Å². The summed E-state index contributed by atoms with van der Waals surface area (Å²) in [5, 5.41) is 0. The van der Waals surface area contributed by atoms with Crippen molar-refractivity contribution in [3.05, 3.63) is 35.9 Å². The van der Waals surface area contributed by atoms with Crippen LogP contribution in [-0.2, 0) is 9.53 Å². The van der Waals surface area contributed by atoms with Gasteiger partial charge >= 0.3 is 5.97 Å². The summed E-state index contributed by atoms with van der Waals surface area (Å²) in [6.45, 7) is 6.20. The maximum Gasteiger partial charge on any atom is 0.302 e. The third kappa shape index (κ3) is 3.74. The molecule has 0 bridgehead atoms. The van der Waals surface area contributed by atoms with Crippen molar-refractivity contribution in [2.45, 2.75) is 26.7 Å². The lowest BCUT2D eigenvalue weighted by atomic mass is 9.89. The molecule has 1 atom stereocenters. The number of hydrogen-bond acceptors (Lipinski definition) is 2. The van der Waals surface area contributed by atoms with Gasteiger partial charge in [0.15, 0.2) is 0 Å². The number of benzene rings is 1. The molecule has 0 saturated heterocycles. The minimum atomic E-state index is -0.211. The SMILES string of the molecule is CC(=O)OCC(c1ccccc1)C(C)C. The minimum Gasteiger partial charge on any atom is -0.465 e. The van der Waals surface area contributed by atoms with Crippen LogP contribution in [0.1, 0.15) is 32.3 Å². The Kier molecular flexibility index (Phi) is 4.35. The second kappa shape index (κ2) is 5.54. The molecule has 0 amide bonds. The van der Waals surface area contributed by atoms with E-state index < -0.39 is 0 Å². The molecule has 0 radical (unpaired) electrons. The van der Waals surface area contributed by atoms with Crippen molar-refractivity contribution in [3.63, 3.8) is 0 Å². The summed E-state index contributed by atoms with van der Waals surface area (Å²) >= 11 is 0. The Bertz CT molecular complexity index is 304. The molecule has 0 aromatic heterocycles. The fourth-order valence-electron chi connectivity index (χ4n) is 1.58. The molecule has 1 rings (SSSR count). The highest BCUT2D eigenvalue weighted by Crippen LogP contribution is 2.24. The number of carbonyl (C=O) groups is 1. The molecule has 2 heteroatoms. The Labute approximate surface area is 91.3 Å². The molecule has 0 heterocycles. The van der Waals surface area contributed by atoms with Crippen LogP contribution in [0.4, 0.5) is 0 Å². The largest absolute Gasteiger partial charge is 0.465 e. The van der Waals surface area contributed by atoms with Crippen molar-refractivity contribution in [1.82, 2.24) is 0 Å². The Morgan fingerprint density at radius 1 is 1.27 bits per heavy atom. The van der Waals surface area contributed by atoms with Gasteiger partial charge in [0.05, 0.1) is 6.61 Å². The lowest BCUT2D eigenvalue weighted by Crippen LogP contribution is -2.15. The zero-order valence-corrected chi connectivity index (χ0v) is 9.57. The Balaban J connectivity index is 2.70. The Morgan fingerprint density at radius 2 is 1.87 bits per heavy atom. The third-order valence-corrected chi connectivity index (χ3v) is 2.50. The Hall–Kier alpha value is -1.31. The first-order valence-corrected chi connectivity index (χ1v) is 5.29. The summed E-state index contributed by atoms with van der Waals surface area (Å²) in [6.07, 6.45) is 0. The standard InChI is InChI=1S/C13H18O2/c1-10(2)13(9-15-11(3)14)12-7-5-4-6-8-12/h4-8,10,13H,9H2,1-3H3. The van der Waals surface area contributed by atoms with Crippen LogP contribution in [0.3, 0.4) is 0 Å². The van der Waals surface area contributed by atoms with E-state index in [2.05, 4.69) is 26.0 Å². The smallest absolute Gasteiger partial charge is 0.302 e. The van der Waals surface area contributed by atoms with Gasteiger partial charge in [0, 0.05) is 12.8 Å². The number of ether oxygens (including phenoxy) is 1. The highest BCUT2D eigenvalue weighted by molar-refractivity contribution is 5.65. The predicted molar refractivity (Wildman–Crippen MR) is 60.7 cm³/mol. The average molecular weight is 206 g/mol. The molecule has 1 aromatic rings. The first kappa shape index (κ1) is 11.8. The molecule has 2 nitrogen and oxygen atoms in total. The minimum absolute atomic E-state index is 0.211. The normalized spacial score (nSPS) is 12.5. The number of rotatable bonds is 4. The van der Waals surface area contributed by atoms with Crippen LogP contribution in [-0.4, -0.2) is 12.6 Å². The van der Waals surface area contributed by atoms with Crippen LogP contribution < -0.4 is 0 Å². The monoisotopic (exact) mass is 206 g/mol. The van der Waals surface area contributed by atoms with Crippen LogP contribution in [0, 0.1) is 5.92 Å². The highest BCUT2D eigenvalue weighted by atomic mass is 16.5. The van der Waals surface area contributed by atoms with Crippen molar-refractivity contribution in [2.24, 2.45) is 5.92 Å². The van der Waals surface area contributed by atoms with Gasteiger partial charge in [0.1, 0.15) is 0 Å². The van der Waals surface area contributed by atoms with Gasteiger partial charge in [-0.05, 0) is 11.5 Å². The zero-order chi connectivity index (χ0) is 11.3. The molecule has 0 fully saturated rings. The van der Waals surface area contributed by atoms with Crippen LogP contribution in [0.25, 0.3) is 0 Å². The van der Waals surface area contributed by atoms with Crippen LogP contribution in [0.2, 0.25) is 0 Å². The quantitative estimate of drug-likeness (QED) is 0.708. The summed E-state index contributed by atoms with van der Waals surface area (Å²) in [6, 6.07) is 10.2. The molecule has 0 aliphatic heterocycles. The molecule has 0 spiro atoms. The van der Waals surface area contributed by atoms with Crippen LogP contribution in [0.15, 0.2) is 30.3 Å². The summed E-state index contributed by atoms with van der Waals surface area (Å²) in [5.41, 5.74) is 1.23. The molecule has 1 aromatic carbocycles. The Morgan fingerprint density at radius 3 is 2.33 bits per heavy atom. The first-order chi connectivity index (χ1) is 7.11. The highest BCUT2D eigenvalue weighted by Gasteiger charge is 2.16. The van der Waals surface area contributed by atoms with E-state index in [9.17, 15) is 4.79 Å². The second-order valence-electron chi connectivity index (χ2n) is 4.06. The second-order valence-corrected chi connectivity index (χ2v) is 4.06. The maximum atomic E-state index is 10.8. The lowest BCUT2D eigenvalue weighted by Gasteiger charge is -2.20. The molecular weight excluding hydrogens is 188 g/mol. The number of esters is 1. The summed E-state index contributed by atoms with van der Waals surface area (Å²) < 4.78 is 5.08. The van der Waals surface area contributed by atoms with Gasteiger partial charge in [0.2, 0.25) is 0 Å². The molecule has 0 aliphatic rings. The molecule has 0 aliphatic carbocycles. The maximum absolute atomic E-state index is 10.8. The zero-order valence-electron chi connectivity index (χ0n) is 9.57. The van der Waals surface area contributed by atoms with E-state index >= 15 is 0 Å². The van der Waals surface area contributed by atoms with Gasteiger partial charge in [-0.3, -0.25) is 4.79 Å².